The number of esters is 1. The van der Waals surface area contributed by atoms with Crippen LogP contribution in [-0.2, 0) is 19.1 Å². The molecule has 5 nitrogen and oxygen atoms in total. The lowest BCUT2D eigenvalue weighted by Crippen LogP contribution is -2.50. The monoisotopic (exact) mass is 429 g/mol. The van der Waals surface area contributed by atoms with Gasteiger partial charge in [0.15, 0.2) is 0 Å². The molecule has 4 aliphatic carbocycles. The lowest BCUT2D eigenvalue weighted by atomic mass is 9.48. The van der Waals surface area contributed by atoms with E-state index < -0.39 is 0 Å². The van der Waals surface area contributed by atoms with Crippen LogP contribution >= 0.6 is 0 Å². The first-order valence-corrected chi connectivity index (χ1v) is 12.6. The van der Waals surface area contributed by atoms with Crippen LogP contribution in [0, 0.1) is 28.6 Å². The molecular weight excluding hydrogens is 390 g/mol. The number of nitrogens with zero attached hydrogens (tertiary/aromatic N) is 1. The molecular formula is C26H39NO4. The van der Waals surface area contributed by atoms with Crippen molar-refractivity contribution >= 4 is 11.8 Å². The van der Waals surface area contributed by atoms with E-state index in [1.807, 2.05) is 0 Å². The highest BCUT2D eigenvalue weighted by molar-refractivity contribution is 5.87. The lowest BCUT2D eigenvalue weighted by molar-refractivity contribution is -0.152. The molecule has 172 valence electrons. The lowest BCUT2D eigenvalue weighted by Gasteiger charge is -2.56. The Morgan fingerprint density at radius 1 is 1.13 bits per heavy atom. The first kappa shape index (κ1) is 21.6. The molecule has 1 heterocycles. The second-order valence-corrected chi connectivity index (χ2v) is 11.2. The van der Waals surface area contributed by atoms with Crippen molar-refractivity contribution in [2.45, 2.75) is 77.7 Å². The molecule has 31 heavy (non-hydrogen) atoms. The van der Waals surface area contributed by atoms with Gasteiger partial charge in [-0.3, -0.25) is 14.5 Å². The van der Waals surface area contributed by atoms with Gasteiger partial charge in [0.2, 0.25) is 0 Å². The third kappa shape index (κ3) is 3.80. The maximum atomic E-state index is 12.6. The zero-order valence-corrected chi connectivity index (χ0v) is 19.4. The van der Waals surface area contributed by atoms with Gasteiger partial charge in [0, 0.05) is 37.9 Å². The molecule has 0 amide bonds. The van der Waals surface area contributed by atoms with E-state index in [1.54, 1.807) is 0 Å². The Morgan fingerprint density at radius 3 is 2.68 bits per heavy atom. The zero-order valence-electron chi connectivity index (χ0n) is 19.4. The summed E-state index contributed by atoms with van der Waals surface area (Å²) in [5.74, 6) is 2.39. The largest absolute Gasteiger partial charge is 0.462 e. The van der Waals surface area contributed by atoms with Gasteiger partial charge in [-0.15, -0.1) is 0 Å². The normalized spacial score (nSPS) is 42.9. The van der Waals surface area contributed by atoms with E-state index in [0.29, 0.717) is 30.0 Å². The third-order valence-corrected chi connectivity index (χ3v) is 9.80. The minimum absolute atomic E-state index is 0.0370. The molecule has 6 atom stereocenters. The average Bonchev–Trinajstić information content (AvgIpc) is 3.08. The summed E-state index contributed by atoms with van der Waals surface area (Å²) in [6.07, 6.45) is 11.2. The molecule has 1 aliphatic heterocycles. The topological polar surface area (TPSA) is 55.8 Å². The summed E-state index contributed by atoms with van der Waals surface area (Å²) in [5, 5.41) is 0. The Hall–Kier alpha value is -1.20. The van der Waals surface area contributed by atoms with Crippen molar-refractivity contribution in [3.05, 3.63) is 11.6 Å². The summed E-state index contributed by atoms with van der Waals surface area (Å²) >= 11 is 0. The Labute approximate surface area is 186 Å². The molecule has 0 N–H and O–H groups in total. The third-order valence-electron chi connectivity index (χ3n) is 9.80. The fourth-order valence-corrected chi connectivity index (χ4v) is 7.82. The number of morpholine rings is 1. The molecule has 3 saturated carbocycles. The highest BCUT2D eigenvalue weighted by atomic mass is 16.5. The molecule has 0 unspecified atom stereocenters. The predicted molar refractivity (Wildman–Crippen MR) is 118 cm³/mol. The van der Waals surface area contributed by atoms with Crippen LogP contribution in [0.15, 0.2) is 11.6 Å². The first-order valence-electron chi connectivity index (χ1n) is 12.6. The van der Waals surface area contributed by atoms with Gasteiger partial charge < -0.3 is 9.47 Å². The average molecular weight is 430 g/mol. The van der Waals surface area contributed by atoms with Crippen LogP contribution in [-0.4, -0.2) is 55.6 Å². The Balaban J connectivity index is 1.20. The summed E-state index contributed by atoms with van der Waals surface area (Å²) in [6, 6.07) is 0. The minimum atomic E-state index is -0.0594. The fraction of sp³-hybridized carbons (Fsp3) is 0.846. The summed E-state index contributed by atoms with van der Waals surface area (Å²) in [4.78, 5) is 27.4. The van der Waals surface area contributed by atoms with Gasteiger partial charge in [-0.2, -0.15) is 0 Å². The molecule has 0 bridgehead atoms. The van der Waals surface area contributed by atoms with E-state index in [0.717, 1.165) is 77.8 Å². The van der Waals surface area contributed by atoms with Crippen molar-refractivity contribution in [2.24, 2.45) is 28.6 Å². The summed E-state index contributed by atoms with van der Waals surface area (Å²) in [5.41, 5.74) is 1.70. The van der Waals surface area contributed by atoms with Gasteiger partial charge in [0.05, 0.1) is 19.6 Å². The van der Waals surface area contributed by atoms with Crippen molar-refractivity contribution in [1.29, 1.82) is 0 Å². The van der Waals surface area contributed by atoms with Crippen LogP contribution < -0.4 is 0 Å². The maximum Gasteiger partial charge on any atom is 0.307 e. The van der Waals surface area contributed by atoms with E-state index in [-0.39, 0.29) is 22.9 Å². The van der Waals surface area contributed by atoms with Crippen LogP contribution in [0.5, 0.6) is 0 Å². The number of carbonyl (C=O) groups is 2. The number of allylic oxidation sites excluding steroid dienone is 1. The number of carbonyl (C=O) groups excluding carboxylic acids is 2. The Morgan fingerprint density at radius 2 is 1.87 bits per heavy atom. The molecule has 0 spiro atoms. The molecule has 0 aromatic carbocycles. The quantitative estimate of drug-likeness (QED) is 0.496. The second-order valence-electron chi connectivity index (χ2n) is 11.2. The van der Waals surface area contributed by atoms with Gasteiger partial charge in [0.25, 0.3) is 0 Å². The standard InChI is InChI=1S/C26H39NO4/c1-25-10-7-19(31-24(29)9-12-27-13-15-30-16-14-27)17-18(25)3-4-20-21-5-6-23(28)26(21,2)11-8-22(20)25/h3,19-22H,4-17H2,1-2H3/t19-,20+,21+,22+,25+,26+/m1/s1. The summed E-state index contributed by atoms with van der Waals surface area (Å²) < 4.78 is 11.3. The van der Waals surface area contributed by atoms with Crippen molar-refractivity contribution in [2.75, 3.05) is 32.8 Å². The van der Waals surface area contributed by atoms with Gasteiger partial charge in [-0.25, -0.2) is 0 Å². The smallest absolute Gasteiger partial charge is 0.307 e. The number of ether oxygens (including phenoxy) is 2. The van der Waals surface area contributed by atoms with Gasteiger partial charge in [-0.05, 0) is 61.7 Å². The van der Waals surface area contributed by atoms with Gasteiger partial charge >= 0.3 is 5.97 Å². The number of fused-ring (bicyclic) bond motifs is 5. The number of hydrogen-bond donors (Lipinski definition) is 0. The number of Topliss-reactive ketones (excluding diaryl/α,β-unsaturated/α-hetero) is 1. The highest BCUT2D eigenvalue weighted by Gasteiger charge is 2.58. The van der Waals surface area contributed by atoms with Gasteiger partial charge in [0.1, 0.15) is 11.9 Å². The molecule has 0 aromatic rings. The van der Waals surface area contributed by atoms with Crippen molar-refractivity contribution in [3.8, 4) is 0 Å². The SMILES string of the molecule is C[C@]12CC[C@@H](OC(=O)CCN3CCOCC3)CC1=CC[C@@H]1[C@@H]2CC[C@]2(C)C(=O)CC[C@@H]12. The minimum Gasteiger partial charge on any atom is -0.462 e. The van der Waals surface area contributed by atoms with E-state index >= 15 is 0 Å². The molecule has 0 aromatic heterocycles. The van der Waals surface area contributed by atoms with E-state index in [9.17, 15) is 9.59 Å². The fourth-order valence-electron chi connectivity index (χ4n) is 7.82. The Bertz CT molecular complexity index is 757. The van der Waals surface area contributed by atoms with E-state index in [4.69, 9.17) is 9.47 Å². The van der Waals surface area contributed by atoms with Crippen LogP contribution in [0.2, 0.25) is 0 Å². The second kappa shape index (κ2) is 8.30. The highest BCUT2D eigenvalue weighted by Crippen LogP contribution is 2.64. The summed E-state index contributed by atoms with van der Waals surface area (Å²) in [7, 11) is 0. The Kier molecular flexibility index (Phi) is 5.79. The predicted octanol–water partition coefficient (Wildman–Crippen LogP) is 4.15. The van der Waals surface area contributed by atoms with Crippen molar-refractivity contribution < 1.29 is 19.1 Å². The number of ketones is 1. The molecule has 4 fully saturated rings. The molecule has 0 radical (unpaired) electrons. The number of rotatable bonds is 4. The maximum absolute atomic E-state index is 12.6. The van der Waals surface area contributed by atoms with Crippen LogP contribution in [0.4, 0.5) is 0 Å². The van der Waals surface area contributed by atoms with Gasteiger partial charge in [-0.1, -0.05) is 25.5 Å². The van der Waals surface area contributed by atoms with E-state index in [1.165, 1.54) is 12.0 Å². The first-order chi connectivity index (χ1) is 14.9. The molecule has 5 heteroatoms. The van der Waals surface area contributed by atoms with Crippen molar-refractivity contribution in [1.82, 2.24) is 4.90 Å². The van der Waals surface area contributed by atoms with Crippen LogP contribution in [0.1, 0.15) is 71.6 Å². The zero-order chi connectivity index (χ0) is 21.6. The van der Waals surface area contributed by atoms with E-state index in [2.05, 4.69) is 24.8 Å². The molecule has 5 rings (SSSR count). The summed E-state index contributed by atoms with van der Waals surface area (Å²) in [6.45, 7) is 8.84. The van der Waals surface area contributed by atoms with Crippen LogP contribution in [0.25, 0.3) is 0 Å². The van der Waals surface area contributed by atoms with Crippen molar-refractivity contribution in [3.63, 3.8) is 0 Å². The van der Waals surface area contributed by atoms with Crippen LogP contribution in [0.3, 0.4) is 0 Å². The number of hydrogen-bond acceptors (Lipinski definition) is 5. The molecule has 5 aliphatic rings. The molecule has 1 saturated heterocycles.